The molecule has 1 aliphatic carbocycles. The van der Waals surface area contributed by atoms with Gasteiger partial charge in [0.1, 0.15) is 5.82 Å². The Hall–Kier alpha value is -3.02. The number of amides is 2. The minimum Gasteiger partial charge on any atom is -0.356 e. The van der Waals surface area contributed by atoms with Gasteiger partial charge in [0.2, 0.25) is 5.91 Å². The summed E-state index contributed by atoms with van der Waals surface area (Å²) in [6.07, 6.45) is 9.60. The quantitative estimate of drug-likeness (QED) is 0.744. The van der Waals surface area contributed by atoms with Gasteiger partial charge in [-0.2, -0.15) is 0 Å². The van der Waals surface area contributed by atoms with Crippen LogP contribution in [0.3, 0.4) is 0 Å². The number of pyridine rings is 1. The zero-order valence-electron chi connectivity index (χ0n) is 16.2. The van der Waals surface area contributed by atoms with Crippen molar-refractivity contribution in [3.8, 4) is 0 Å². The van der Waals surface area contributed by atoms with Crippen LogP contribution >= 0.6 is 0 Å². The van der Waals surface area contributed by atoms with E-state index < -0.39 is 6.04 Å². The molecule has 6 heteroatoms. The zero-order valence-corrected chi connectivity index (χ0v) is 16.2. The number of halogens is 1. The molecule has 1 atom stereocenters. The van der Waals surface area contributed by atoms with Crippen LogP contribution in [0.5, 0.6) is 0 Å². The van der Waals surface area contributed by atoms with Crippen LogP contribution in [-0.2, 0) is 4.79 Å². The Morgan fingerprint density at radius 2 is 2.03 bits per heavy atom. The van der Waals surface area contributed by atoms with E-state index in [1.54, 1.807) is 35.4 Å². The van der Waals surface area contributed by atoms with E-state index in [1.165, 1.54) is 30.5 Å². The molecule has 2 heterocycles. The lowest BCUT2D eigenvalue weighted by Gasteiger charge is -2.24. The number of nitrogens with zero attached hydrogens (tertiary/aromatic N) is 2. The first-order valence-electron chi connectivity index (χ1n) is 10.1. The van der Waals surface area contributed by atoms with Gasteiger partial charge in [0.05, 0.1) is 23.7 Å². The average Bonchev–Trinajstić information content (AvgIpc) is 3.01. The Bertz CT molecular complexity index is 939. The lowest BCUT2D eigenvalue weighted by Crippen LogP contribution is -2.33. The van der Waals surface area contributed by atoms with E-state index in [4.69, 9.17) is 0 Å². The van der Waals surface area contributed by atoms with Crippen LogP contribution < -0.4 is 10.2 Å². The van der Waals surface area contributed by atoms with Crippen LogP contribution in [0.4, 0.5) is 10.1 Å². The molecule has 0 unspecified atom stereocenters. The largest absolute Gasteiger partial charge is 0.356 e. The standard InChI is InChI=1S/C23H24FN3O2/c24-17-8-10-18(11-9-17)27-20(22-19(23(27)29)7-4-13-26-22)15-21(28)25-14-12-16-5-2-1-3-6-16/h4-5,7-11,13,20H,1-3,6,12,14-15H2,(H,25,28)/t20-/m1/s1. The molecule has 0 spiro atoms. The highest BCUT2D eigenvalue weighted by Crippen LogP contribution is 2.38. The van der Waals surface area contributed by atoms with Crippen molar-refractivity contribution in [3.05, 3.63) is 71.3 Å². The molecular formula is C23H24FN3O2. The highest BCUT2D eigenvalue weighted by Gasteiger charge is 2.39. The van der Waals surface area contributed by atoms with Crippen molar-refractivity contribution in [1.82, 2.24) is 10.3 Å². The molecule has 1 aliphatic heterocycles. The van der Waals surface area contributed by atoms with E-state index in [1.807, 2.05) is 0 Å². The second-order valence-electron chi connectivity index (χ2n) is 7.52. The van der Waals surface area contributed by atoms with Crippen LogP contribution in [0.1, 0.15) is 60.6 Å². The third-order valence-electron chi connectivity index (χ3n) is 5.55. The minimum absolute atomic E-state index is 0.117. The number of nitrogens with one attached hydrogen (secondary N) is 1. The Morgan fingerprint density at radius 1 is 1.21 bits per heavy atom. The van der Waals surface area contributed by atoms with Crippen LogP contribution in [0.2, 0.25) is 0 Å². The average molecular weight is 393 g/mol. The van der Waals surface area contributed by atoms with Crippen molar-refractivity contribution in [2.45, 2.75) is 44.6 Å². The molecule has 0 radical (unpaired) electrons. The van der Waals surface area contributed by atoms with Gasteiger partial charge < -0.3 is 5.32 Å². The predicted molar refractivity (Wildman–Crippen MR) is 109 cm³/mol. The SMILES string of the molecule is O=C(C[C@@H]1c2ncccc2C(=O)N1c1ccc(F)cc1)NCCC1=CCCCC1. The maximum absolute atomic E-state index is 13.3. The van der Waals surface area contributed by atoms with Crippen molar-refractivity contribution in [3.63, 3.8) is 0 Å². The van der Waals surface area contributed by atoms with Crippen molar-refractivity contribution in [1.29, 1.82) is 0 Å². The number of hydrogen-bond acceptors (Lipinski definition) is 3. The summed E-state index contributed by atoms with van der Waals surface area (Å²) in [4.78, 5) is 31.5. The highest BCUT2D eigenvalue weighted by molar-refractivity contribution is 6.11. The molecular weight excluding hydrogens is 369 g/mol. The van der Waals surface area contributed by atoms with Crippen molar-refractivity contribution in [2.75, 3.05) is 11.4 Å². The Balaban J connectivity index is 1.48. The normalized spacial score (nSPS) is 18.4. The van der Waals surface area contributed by atoms with Crippen LogP contribution in [0.25, 0.3) is 0 Å². The third-order valence-corrected chi connectivity index (χ3v) is 5.55. The summed E-state index contributed by atoms with van der Waals surface area (Å²) in [7, 11) is 0. The number of carbonyl (C=O) groups is 2. The van der Waals surface area contributed by atoms with Crippen LogP contribution in [0.15, 0.2) is 54.2 Å². The smallest absolute Gasteiger partial charge is 0.260 e. The molecule has 0 saturated carbocycles. The Kier molecular flexibility index (Phi) is 5.69. The summed E-state index contributed by atoms with van der Waals surface area (Å²) in [5.41, 5.74) is 3.04. The number of anilines is 1. The molecule has 5 nitrogen and oxygen atoms in total. The number of hydrogen-bond donors (Lipinski definition) is 1. The first-order chi connectivity index (χ1) is 14.1. The summed E-state index contributed by atoms with van der Waals surface area (Å²) >= 11 is 0. The second-order valence-corrected chi connectivity index (χ2v) is 7.52. The maximum Gasteiger partial charge on any atom is 0.260 e. The lowest BCUT2D eigenvalue weighted by atomic mass is 9.97. The van der Waals surface area contributed by atoms with Crippen molar-refractivity contribution < 1.29 is 14.0 Å². The van der Waals surface area contributed by atoms with Gasteiger partial charge in [-0.15, -0.1) is 0 Å². The molecule has 0 fully saturated rings. The summed E-state index contributed by atoms with van der Waals surface area (Å²) in [6.45, 7) is 0.594. The summed E-state index contributed by atoms with van der Waals surface area (Å²) < 4.78 is 13.3. The van der Waals surface area contributed by atoms with Gasteiger partial charge in [-0.25, -0.2) is 4.39 Å². The molecule has 1 aromatic carbocycles. The summed E-state index contributed by atoms with van der Waals surface area (Å²) in [5, 5.41) is 2.98. The van der Waals surface area contributed by atoms with E-state index in [-0.39, 0.29) is 24.1 Å². The fourth-order valence-electron chi connectivity index (χ4n) is 4.09. The molecule has 29 heavy (non-hydrogen) atoms. The highest BCUT2D eigenvalue weighted by atomic mass is 19.1. The van der Waals surface area contributed by atoms with Crippen molar-refractivity contribution >= 4 is 17.5 Å². The number of fused-ring (bicyclic) bond motifs is 1. The number of benzene rings is 1. The number of allylic oxidation sites excluding steroid dienone is 1. The summed E-state index contributed by atoms with van der Waals surface area (Å²) in [5.74, 6) is -0.711. The topological polar surface area (TPSA) is 62.3 Å². The molecule has 2 aliphatic rings. The summed E-state index contributed by atoms with van der Waals surface area (Å²) in [6, 6.07) is 8.66. The maximum atomic E-state index is 13.3. The third kappa shape index (κ3) is 4.21. The van der Waals surface area contributed by atoms with E-state index >= 15 is 0 Å². The van der Waals surface area contributed by atoms with Gasteiger partial charge in [0.15, 0.2) is 0 Å². The molecule has 4 rings (SSSR count). The Labute approximate surface area is 169 Å². The zero-order chi connectivity index (χ0) is 20.2. The monoisotopic (exact) mass is 393 g/mol. The number of rotatable bonds is 6. The Morgan fingerprint density at radius 3 is 2.79 bits per heavy atom. The van der Waals surface area contributed by atoms with Crippen LogP contribution in [-0.4, -0.2) is 23.3 Å². The molecule has 2 amide bonds. The predicted octanol–water partition coefficient (Wildman–Crippen LogP) is 4.32. The molecule has 1 aromatic heterocycles. The van der Waals surface area contributed by atoms with E-state index in [0.29, 0.717) is 23.5 Å². The minimum atomic E-state index is -0.502. The van der Waals surface area contributed by atoms with Gasteiger partial charge in [-0.1, -0.05) is 11.6 Å². The van der Waals surface area contributed by atoms with Gasteiger partial charge in [-0.05, 0) is 68.5 Å². The van der Waals surface area contributed by atoms with Gasteiger partial charge in [0.25, 0.3) is 5.91 Å². The lowest BCUT2D eigenvalue weighted by molar-refractivity contribution is -0.121. The van der Waals surface area contributed by atoms with Gasteiger partial charge in [-0.3, -0.25) is 19.5 Å². The number of carbonyl (C=O) groups excluding carboxylic acids is 2. The van der Waals surface area contributed by atoms with E-state index in [0.717, 1.165) is 19.3 Å². The second kappa shape index (κ2) is 8.55. The van der Waals surface area contributed by atoms with E-state index in [2.05, 4.69) is 16.4 Å². The first kappa shape index (κ1) is 19.3. The molecule has 1 N–H and O–H groups in total. The molecule has 0 saturated heterocycles. The van der Waals surface area contributed by atoms with Crippen molar-refractivity contribution in [2.24, 2.45) is 0 Å². The van der Waals surface area contributed by atoms with Gasteiger partial charge >= 0.3 is 0 Å². The molecule has 0 bridgehead atoms. The van der Waals surface area contributed by atoms with E-state index in [9.17, 15) is 14.0 Å². The van der Waals surface area contributed by atoms with Crippen LogP contribution in [0, 0.1) is 5.82 Å². The van der Waals surface area contributed by atoms with Gasteiger partial charge in [0, 0.05) is 18.4 Å². The first-order valence-corrected chi connectivity index (χ1v) is 10.1. The fourth-order valence-corrected chi connectivity index (χ4v) is 4.09. The fraction of sp³-hybridized carbons (Fsp3) is 0.348. The number of aromatic nitrogens is 1. The molecule has 2 aromatic rings. The molecule has 150 valence electrons.